The number of hydrogen-bond acceptors (Lipinski definition) is 3. The van der Waals surface area contributed by atoms with Gasteiger partial charge in [0.1, 0.15) is 5.82 Å². The van der Waals surface area contributed by atoms with Crippen molar-refractivity contribution in [1.29, 1.82) is 0 Å². The van der Waals surface area contributed by atoms with E-state index < -0.39 is 0 Å². The molecular formula is C32H21ClFN3OS. The van der Waals surface area contributed by atoms with Crippen molar-refractivity contribution in [3.05, 3.63) is 137 Å². The predicted octanol–water partition coefficient (Wildman–Crippen LogP) is 8.50. The van der Waals surface area contributed by atoms with Crippen molar-refractivity contribution in [3.8, 4) is 28.2 Å². The van der Waals surface area contributed by atoms with E-state index in [2.05, 4.69) is 45.2 Å². The lowest BCUT2D eigenvalue weighted by molar-refractivity contribution is -0.115. The van der Waals surface area contributed by atoms with Gasteiger partial charge in [-0.05, 0) is 83.6 Å². The van der Waals surface area contributed by atoms with Crippen LogP contribution in [0.15, 0.2) is 125 Å². The van der Waals surface area contributed by atoms with Crippen LogP contribution in [0.4, 0.5) is 10.1 Å². The molecular weight excluding hydrogens is 529 g/mol. The summed E-state index contributed by atoms with van der Waals surface area (Å²) in [6, 6.07) is 35.9. The highest BCUT2D eigenvalue weighted by Crippen LogP contribution is 2.39. The largest absolute Gasteiger partial charge is 0.309 e. The molecule has 7 heteroatoms. The molecule has 6 rings (SSSR count). The van der Waals surface area contributed by atoms with Gasteiger partial charge in [-0.15, -0.1) is 0 Å². The minimum atomic E-state index is -0.337. The zero-order chi connectivity index (χ0) is 26.8. The lowest BCUT2D eigenvalue weighted by atomic mass is 10.1. The number of rotatable bonds is 5. The molecule has 1 amide bonds. The van der Waals surface area contributed by atoms with Crippen LogP contribution in [0.3, 0.4) is 0 Å². The molecule has 1 aromatic heterocycles. The average molecular weight is 550 g/mol. The SMILES string of the molecule is O=C1NC(=Nc2ccc(F)cc2)SC1=Cc1cc(-c2ccccc2)n(-c2ccc(Cl)cc2)c1-c1ccccc1. The first kappa shape index (κ1) is 24.9. The first-order chi connectivity index (χ1) is 19.0. The Balaban J connectivity index is 1.52. The fourth-order valence-electron chi connectivity index (χ4n) is 4.47. The molecule has 1 aliphatic rings. The molecule has 1 N–H and O–H groups in total. The molecule has 4 nitrogen and oxygen atoms in total. The van der Waals surface area contributed by atoms with Crippen LogP contribution in [-0.4, -0.2) is 15.6 Å². The minimum absolute atomic E-state index is 0.236. The molecule has 190 valence electrons. The van der Waals surface area contributed by atoms with E-state index in [0.29, 0.717) is 20.8 Å². The second-order valence-corrected chi connectivity index (χ2v) is 10.3. The van der Waals surface area contributed by atoms with Crippen molar-refractivity contribution in [2.75, 3.05) is 0 Å². The molecule has 0 saturated carbocycles. The van der Waals surface area contributed by atoms with E-state index in [9.17, 15) is 9.18 Å². The number of nitrogens with one attached hydrogen (secondary N) is 1. The number of aromatic nitrogens is 1. The van der Waals surface area contributed by atoms with Gasteiger partial charge in [0.15, 0.2) is 5.17 Å². The molecule has 5 aromatic rings. The molecule has 2 heterocycles. The first-order valence-electron chi connectivity index (χ1n) is 12.2. The van der Waals surface area contributed by atoms with Gasteiger partial charge >= 0.3 is 0 Å². The summed E-state index contributed by atoms with van der Waals surface area (Å²) in [5, 5.41) is 3.93. The van der Waals surface area contributed by atoms with E-state index in [1.165, 1.54) is 23.9 Å². The molecule has 1 aliphatic heterocycles. The van der Waals surface area contributed by atoms with Crippen LogP contribution in [0, 0.1) is 5.82 Å². The number of carbonyl (C=O) groups is 1. The standard InChI is InChI=1S/C32H21ClFN3OS/c33-24-11-17-27(18-12-24)37-28(21-7-3-1-4-8-21)19-23(30(37)22-9-5-2-6-10-22)20-29-31(38)36-32(39-29)35-26-15-13-25(34)14-16-26/h1-20H,(H,35,36,38). The number of aliphatic imine (C=N–C) groups is 1. The zero-order valence-electron chi connectivity index (χ0n) is 20.5. The molecule has 1 saturated heterocycles. The number of amidine groups is 1. The average Bonchev–Trinajstić information content (AvgIpc) is 3.51. The van der Waals surface area contributed by atoms with Crippen LogP contribution in [0.5, 0.6) is 0 Å². The van der Waals surface area contributed by atoms with Gasteiger partial charge in [0, 0.05) is 16.3 Å². The summed E-state index contributed by atoms with van der Waals surface area (Å²) in [5.74, 6) is -0.573. The van der Waals surface area contributed by atoms with Crippen LogP contribution < -0.4 is 5.32 Å². The Hall–Kier alpha value is -4.39. The van der Waals surface area contributed by atoms with Crippen LogP contribution >= 0.6 is 23.4 Å². The molecule has 0 spiro atoms. The first-order valence-corrected chi connectivity index (χ1v) is 13.4. The third-order valence-corrected chi connectivity index (χ3v) is 7.39. The molecule has 0 atom stereocenters. The third-order valence-electron chi connectivity index (χ3n) is 6.23. The van der Waals surface area contributed by atoms with Crippen LogP contribution in [-0.2, 0) is 4.79 Å². The monoisotopic (exact) mass is 549 g/mol. The summed E-state index contributed by atoms with van der Waals surface area (Å²) in [7, 11) is 0. The summed E-state index contributed by atoms with van der Waals surface area (Å²) in [6.07, 6.45) is 1.90. The van der Waals surface area contributed by atoms with Gasteiger partial charge in [0.05, 0.1) is 22.0 Å². The molecule has 39 heavy (non-hydrogen) atoms. The molecule has 0 aliphatic carbocycles. The number of nitrogens with zero attached hydrogens (tertiary/aromatic N) is 2. The summed E-state index contributed by atoms with van der Waals surface area (Å²) >= 11 is 7.49. The van der Waals surface area contributed by atoms with Gasteiger partial charge in [-0.2, -0.15) is 0 Å². The Morgan fingerprint density at radius 2 is 1.46 bits per heavy atom. The maximum atomic E-state index is 13.3. The van der Waals surface area contributed by atoms with Crippen molar-refractivity contribution >= 4 is 46.2 Å². The molecule has 0 bridgehead atoms. The van der Waals surface area contributed by atoms with E-state index >= 15 is 0 Å². The van der Waals surface area contributed by atoms with Gasteiger partial charge in [0.25, 0.3) is 5.91 Å². The van der Waals surface area contributed by atoms with Gasteiger partial charge in [-0.1, -0.05) is 72.3 Å². The minimum Gasteiger partial charge on any atom is -0.309 e. The summed E-state index contributed by atoms with van der Waals surface area (Å²) in [6.45, 7) is 0. The Kier molecular flexibility index (Phi) is 6.88. The third kappa shape index (κ3) is 5.30. The highest BCUT2D eigenvalue weighted by molar-refractivity contribution is 8.18. The Labute approximate surface area is 234 Å². The van der Waals surface area contributed by atoms with E-state index in [1.807, 2.05) is 66.7 Å². The maximum Gasteiger partial charge on any atom is 0.264 e. The number of halogens is 2. The number of hydrogen-bond donors (Lipinski definition) is 1. The van der Waals surface area contributed by atoms with Crippen molar-refractivity contribution in [1.82, 2.24) is 9.88 Å². The van der Waals surface area contributed by atoms with E-state index in [1.54, 1.807) is 12.1 Å². The lowest BCUT2D eigenvalue weighted by Gasteiger charge is -2.15. The van der Waals surface area contributed by atoms with Crippen molar-refractivity contribution in [2.45, 2.75) is 0 Å². The summed E-state index contributed by atoms with van der Waals surface area (Å²) < 4.78 is 15.5. The lowest BCUT2D eigenvalue weighted by Crippen LogP contribution is -2.19. The van der Waals surface area contributed by atoms with Crippen LogP contribution in [0.1, 0.15) is 5.56 Å². The smallest absolute Gasteiger partial charge is 0.264 e. The van der Waals surface area contributed by atoms with Crippen molar-refractivity contribution in [2.24, 2.45) is 4.99 Å². The Bertz CT molecular complexity index is 1710. The van der Waals surface area contributed by atoms with Gasteiger partial charge < -0.3 is 9.88 Å². The normalized spacial score (nSPS) is 15.2. The van der Waals surface area contributed by atoms with E-state index in [4.69, 9.17) is 11.6 Å². The molecule has 1 fully saturated rings. The van der Waals surface area contributed by atoms with E-state index in [0.717, 1.165) is 33.8 Å². The number of carbonyl (C=O) groups excluding carboxylic acids is 1. The highest BCUT2D eigenvalue weighted by atomic mass is 35.5. The van der Waals surface area contributed by atoms with Gasteiger partial charge in [-0.25, -0.2) is 9.38 Å². The second-order valence-electron chi connectivity index (χ2n) is 8.84. The predicted molar refractivity (Wildman–Crippen MR) is 159 cm³/mol. The zero-order valence-corrected chi connectivity index (χ0v) is 22.1. The highest BCUT2D eigenvalue weighted by Gasteiger charge is 2.26. The van der Waals surface area contributed by atoms with Gasteiger partial charge in [-0.3, -0.25) is 4.79 Å². The van der Waals surface area contributed by atoms with Crippen molar-refractivity contribution in [3.63, 3.8) is 0 Å². The fraction of sp³-hybridized carbons (Fsp3) is 0. The summed E-state index contributed by atoms with van der Waals surface area (Å²) in [4.78, 5) is 18.0. The number of thioether (sulfide) groups is 1. The molecule has 4 aromatic carbocycles. The van der Waals surface area contributed by atoms with Crippen LogP contribution in [0.25, 0.3) is 34.3 Å². The van der Waals surface area contributed by atoms with Gasteiger partial charge in [0.2, 0.25) is 0 Å². The maximum absolute atomic E-state index is 13.3. The Morgan fingerprint density at radius 3 is 2.13 bits per heavy atom. The van der Waals surface area contributed by atoms with Crippen LogP contribution in [0.2, 0.25) is 5.02 Å². The Morgan fingerprint density at radius 1 is 0.821 bits per heavy atom. The number of benzene rings is 4. The summed E-state index contributed by atoms with van der Waals surface area (Å²) in [5.41, 5.74) is 6.36. The quantitative estimate of drug-likeness (QED) is 0.223. The second kappa shape index (κ2) is 10.8. The topological polar surface area (TPSA) is 46.4 Å². The van der Waals surface area contributed by atoms with Crippen molar-refractivity contribution < 1.29 is 9.18 Å². The fourth-order valence-corrected chi connectivity index (χ4v) is 5.42. The molecule has 0 unspecified atom stereocenters. The molecule has 0 radical (unpaired) electrons. The van der Waals surface area contributed by atoms with E-state index in [-0.39, 0.29) is 11.7 Å². The number of amides is 1.